The van der Waals surface area contributed by atoms with E-state index in [1.807, 2.05) is 30.3 Å². The minimum atomic E-state index is -1.82. The van der Waals surface area contributed by atoms with Crippen molar-refractivity contribution in [1.82, 2.24) is 41.3 Å². The molecule has 0 saturated carbocycles. The fourth-order valence-corrected chi connectivity index (χ4v) is 8.07. The van der Waals surface area contributed by atoms with Gasteiger partial charge in [-0.15, -0.1) is 0 Å². The Kier molecular flexibility index (Phi) is 31.0. The number of nitrogens with two attached hydrogens (primary N) is 3. The van der Waals surface area contributed by atoms with E-state index in [0.717, 1.165) is 20.9 Å². The fourth-order valence-electron chi connectivity index (χ4n) is 8.07. The predicted molar refractivity (Wildman–Crippen MR) is 279 cm³/mol. The van der Waals surface area contributed by atoms with Crippen molar-refractivity contribution in [1.29, 1.82) is 0 Å². The van der Waals surface area contributed by atoms with Crippen molar-refractivity contribution in [2.75, 3.05) is 78.5 Å². The molecule has 5 amide bonds. The van der Waals surface area contributed by atoms with Crippen LogP contribution in [0.25, 0.3) is 11.1 Å². The summed E-state index contributed by atoms with van der Waals surface area (Å²) in [6.45, 7) is -6.27. The number of carboxylic acid groups (broad SMARTS) is 6. The molecule has 432 valence electrons. The molecule has 0 fully saturated rings. The fraction of sp³-hybridized carbons (Fsp3) is 0.540. The van der Waals surface area contributed by atoms with Crippen molar-refractivity contribution in [2.45, 2.75) is 94.4 Å². The lowest BCUT2D eigenvalue weighted by Gasteiger charge is -2.33. The molecule has 17 N–H and O–H groups in total. The Hall–Kier alpha value is -7.63. The summed E-state index contributed by atoms with van der Waals surface area (Å²) in [5, 5.41) is 70.2. The number of nitrogens with zero attached hydrogens (tertiary/aromatic N) is 3. The Morgan fingerprint density at radius 2 is 0.859 bits per heavy atom. The van der Waals surface area contributed by atoms with Gasteiger partial charge in [-0.2, -0.15) is 0 Å². The van der Waals surface area contributed by atoms with Crippen LogP contribution in [0, 0.1) is 0 Å². The molecule has 0 spiro atoms. The molecule has 0 bridgehead atoms. The molecule has 28 heteroatoms. The molecule has 2 aromatic rings. The Balaban J connectivity index is 2.55. The summed E-state index contributed by atoms with van der Waals surface area (Å²) in [6, 6.07) is 9.02. The van der Waals surface area contributed by atoms with E-state index >= 15 is 0 Å². The van der Waals surface area contributed by atoms with Crippen molar-refractivity contribution in [3.05, 3.63) is 60.2 Å². The summed E-state index contributed by atoms with van der Waals surface area (Å²) in [4.78, 5) is 144. The average Bonchev–Trinajstić information content (AvgIpc) is 3.37. The summed E-state index contributed by atoms with van der Waals surface area (Å²) in [5.41, 5.74) is 19.2. The molecule has 78 heavy (non-hydrogen) atoms. The van der Waals surface area contributed by atoms with Crippen LogP contribution in [0.1, 0.15) is 63.4 Å². The molecule has 0 radical (unpaired) electrons. The molecular weight excluding hydrogens is 1030 g/mol. The maximum atomic E-state index is 14.4. The lowest BCUT2D eigenvalue weighted by molar-refractivity contribution is -0.146. The summed E-state index contributed by atoms with van der Waals surface area (Å²) in [5.74, 6) is -13.5. The Bertz CT molecular complexity index is 2260. The number of carboxylic acids is 6. The third-order valence-electron chi connectivity index (χ3n) is 12.0. The van der Waals surface area contributed by atoms with Gasteiger partial charge in [0.25, 0.3) is 0 Å². The van der Waals surface area contributed by atoms with Crippen LogP contribution in [-0.2, 0) is 59.2 Å². The number of benzene rings is 2. The van der Waals surface area contributed by atoms with Gasteiger partial charge in [0, 0.05) is 26.1 Å². The second-order valence-electron chi connectivity index (χ2n) is 18.3. The molecule has 0 heterocycles. The van der Waals surface area contributed by atoms with E-state index in [9.17, 15) is 83.4 Å². The van der Waals surface area contributed by atoms with Crippen molar-refractivity contribution in [3.63, 3.8) is 0 Å². The zero-order valence-corrected chi connectivity index (χ0v) is 43.4. The van der Waals surface area contributed by atoms with Crippen LogP contribution in [0.15, 0.2) is 54.6 Å². The summed E-state index contributed by atoms with van der Waals surface area (Å²) >= 11 is 0. The summed E-state index contributed by atoms with van der Waals surface area (Å²) < 4.78 is 0. The molecule has 28 nitrogen and oxygen atoms in total. The predicted octanol–water partition coefficient (Wildman–Crippen LogP) is -2.88. The van der Waals surface area contributed by atoms with Crippen molar-refractivity contribution in [2.24, 2.45) is 17.2 Å². The highest BCUT2D eigenvalue weighted by molar-refractivity contribution is 5.96. The number of rotatable bonds is 42. The van der Waals surface area contributed by atoms with E-state index in [2.05, 4.69) is 26.6 Å². The highest BCUT2D eigenvalue weighted by Gasteiger charge is 2.34. The Morgan fingerprint density at radius 1 is 0.449 bits per heavy atom. The molecular formula is C50H75N11O17. The minimum Gasteiger partial charge on any atom is -0.480 e. The van der Waals surface area contributed by atoms with Crippen LogP contribution < -0.4 is 43.8 Å². The summed E-state index contributed by atoms with van der Waals surface area (Å²) in [6.07, 6.45) is 2.35. The smallest absolute Gasteiger partial charge is 0.326 e. The molecule has 0 saturated heterocycles. The van der Waals surface area contributed by atoms with Gasteiger partial charge in [0.05, 0.1) is 39.3 Å². The Labute approximate surface area is 450 Å². The molecule has 5 atom stereocenters. The van der Waals surface area contributed by atoms with Gasteiger partial charge in [-0.1, -0.05) is 54.6 Å². The lowest BCUT2D eigenvalue weighted by atomic mass is 9.99. The molecule has 2 rings (SSSR count). The van der Waals surface area contributed by atoms with E-state index in [-0.39, 0.29) is 45.3 Å². The van der Waals surface area contributed by atoms with Crippen LogP contribution in [0.5, 0.6) is 0 Å². The second-order valence-corrected chi connectivity index (χ2v) is 18.3. The number of hydrogen-bond acceptors (Lipinski definition) is 17. The number of unbranched alkanes of at least 4 members (excludes halogenated alkanes) is 3. The van der Waals surface area contributed by atoms with E-state index in [1.165, 1.54) is 0 Å². The Morgan fingerprint density at radius 3 is 1.31 bits per heavy atom. The first-order chi connectivity index (χ1) is 37.1. The molecule has 0 aliphatic heterocycles. The first kappa shape index (κ1) is 66.5. The van der Waals surface area contributed by atoms with E-state index in [1.54, 1.807) is 24.3 Å². The van der Waals surface area contributed by atoms with Gasteiger partial charge in [-0.05, 0) is 94.1 Å². The van der Waals surface area contributed by atoms with Crippen LogP contribution in [-0.4, -0.2) is 219 Å². The van der Waals surface area contributed by atoms with Crippen molar-refractivity contribution < 1.29 is 83.4 Å². The molecule has 2 aromatic carbocycles. The SMILES string of the molecule is NCCCC[C@H](NC(=O)[C@H](CCCCN)NC(=O)[C@H](CCCCN)NC(=O)[C@H](Cc1ccc(-c2ccccc2)cc1)NC(=O)CNC(=O)C(CN(CCN(CC(=O)O)CC(=O)O)CC(=O)O)N(CC(=O)O)CC(=O)O)C(=O)O. The number of carbonyl (C=O) groups excluding carboxylic acids is 5. The first-order valence-corrected chi connectivity index (χ1v) is 25.3. The average molecular weight is 1100 g/mol. The molecule has 1 unspecified atom stereocenters. The third-order valence-corrected chi connectivity index (χ3v) is 12.0. The van der Waals surface area contributed by atoms with Gasteiger partial charge in [-0.25, -0.2) is 4.79 Å². The number of carbonyl (C=O) groups is 11. The maximum absolute atomic E-state index is 14.4. The number of amides is 5. The number of aliphatic carboxylic acids is 6. The second kappa shape index (κ2) is 36.4. The molecule has 0 aromatic heterocycles. The third kappa shape index (κ3) is 26.9. The topological polar surface area (TPSA) is 457 Å². The van der Waals surface area contributed by atoms with Crippen LogP contribution in [0.4, 0.5) is 0 Å². The van der Waals surface area contributed by atoms with Gasteiger partial charge in [0.2, 0.25) is 29.5 Å². The van der Waals surface area contributed by atoms with Crippen LogP contribution in [0.2, 0.25) is 0 Å². The number of hydrogen-bond donors (Lipinski definition) is 14. The highest BCUT2D eigenvalue weighted by Crippen LogP contribution is 2.20. The standard InChI is InChI=1S/C50H75N11O17/c51-19-7-4-12-35(46(73)56-36(13-5-8-20-52)47(74)58-37(50(77)78)14-6-9-21-53)57-48(75)38(24-32-15-17-34(18-16-32)33-10-2-1-3-11-33)55-40(62)25-54-49(76)39(61(30-44(69)70)31-45(71)72)26-59(27-41(63)64)22-23-60(28-42(65)66)29-43(67)68/h1-3,10-11,15-18,35-39H,4-9,12-14,19-31,51-53H2,(H,54,76)(H,55,62)(H,56,73)(H,57,75)(H,58,74)(H,63,64)(H,65,66)(H,67,68)(H,69,70)(H,71,72)(H,77,78)/t35-,36-,37-,38-,39?/m0/s1. The van der Waals surface area contributed by atoms with Gasteiger partial charge >= 0.3 is 35.8 Å². The number of nitrogens with one attached hydrogen (secondary N) is 5. The van der Waals surface area contributed by atoms with Crippen LogP contribution >= 0.6 is 0 Å². The summed E-state index contributed by atoms with van der Waals surface area (Å²) in [7, 11) is 0. The zero-order valence-electron chi connectivity index (χ0n) is 43.4. The van der Waals surface area contributed by atoms with Gasteiger partial charge < -0.3 is 74.4 Å². The van der Waals surface area contributed by atoms with Gasteiger partial charge in [-0.3, -0.25) is 62.6 Å². The van der Waals surface area contributed by atoms with E-state index < -0.39 is 148 Å². The molecule has 0 aliphatic carbocycles. The monoisotopic (exact) mass is 1100 g/mol. The normalized spacial score (nSPS) is 13.1. The minimum absolute atomic E-state index is 0.00807. The van der Waals surface area contributed by atoms with Crippen LogP contribution in [0.3, 0.4) is 0 Å². The maximum Gasteiger partial charge on any atom is 0.326 e. The molecule has 0 aliphatic rings. The lowest BCUT2D eigenvalue weighted by Crippen LogP contribution is -2.59. The van der Waals surface area contributed by atoms with Gasteiger partial charge in [0.1, 0.15) is 30.2 Å². The highest BCUT2D eigenvalue weighted by atomic mass is 16.4. The largest absolute Gasteiger partial charge is 0.480 e. The van der Waals surface area contributed by atoms with E-state index in [4.69, 9.17) is 17.2 Å². The first-order valence-electron chi connectivity index (χ1n) is 25.3. The quantitative estimate of drug-likeness (QED) is 0.0297. The zero-order chi connectivity index (χ0) is 58.2. The van der Waals surface area contributed by atoms with E-state index in [0.29, 0.717) is 55.5 Å². The van der Waals surface area contributed by atoms with Crippen molar-refractivity contribution >= 4 is 65.4 Å². The van der Waals surface area contributed by atoms with Crippen molar-refractivity contribution in [3.8, 4) is 11.1 Å². The van der Waals surface area contributed by atoms with Gasteiger partial charge in [0.15, 0.2) is 0 Å².